The van der Waals surface area contributed by atoms with Gasteiger partial charge in [0.05, 0.1) is 32.5 Å². The van der Waals surface area contributed by atoms with Gasteiger partial charge in [-0.05, 0) is 17.7 Å². The summed E-state index contributed by atoms with van der Waals surface area (Å²) >= 11 is 0. The minimum absolute atomic E-state index is 0.122. The van der Waals surface area contributed by atoms with Crippen molar-refractivity contribution < 1.29 is 13.9 Å². The number of carbonyl (C=O) groups is 1. The summed E-state index contributed by atoms with van der Waals surface area (Å²) in [7, 11) is 1.61. The molecule has 27 heavy (non-hydrogen) atoms. The number of anilines is 1. The number of carbonyl (C=O) groups excluding carboxylic acids is 1. The molecule has 4 rings (SSSR count). The molecule has 0 atom stereocenters. The third kappa shape index (κ3) is 3.69. The number of fused-ring (bicyclic) bond motifs is 1. The van der Waals surface area contributed by atoms with Gasteiger partial charge in [-0.2, -0.15) is 5.10 Å². The van der Waals surface area contributed by atoms with Gasteiger partial charge in [0.15, 0.2) is 0 Å². The highest BCUT2D eigenvalue weighted by molar-refractivity contribution is 5.95. The van der Waals surface area contributed by atoms with Crippen LogP contribution in [0.3, 0.4) is 0 Å². The lowest BCUT2D eigenvalue weighted by Gasteiger charge is -2.09. The summed E-state index contributed by atoms with van der Waals surface area (Å²) in [5, 5.41) is 8.14. The highest BCUT2D eigenvalue weighted by Crippen LogP contribution is 2.26. The number of furan rings is 1. The number of rotatable bonds is 6. The Morgan fingerprint density at radius 3 is 2.85 bits per heavy atom. The molecular weight excluding hydrogens is 342 g/mol. The fraction of sp³-hybridized carbons (Fsp3) is 0.143. The zero-order valence-corrected chi connectivity index (χ0v) is 14.9. The van der Waals surface area contributed by atoms with E-state index in [9.17, 15) is 4.79 Å². The monoisotopic (exact) mass is 361 g/mol. The van der Waals surface area contributed by atoms with E-state index in [1.54, 1.807) is 30.3 Å². The molecule has 0 saturated carbocycles. The van der Waals surface area contributed by atoms with E-state index in [0.717, 1.165) is 22.3 Å². The highest BCUT2D eigenvalue weighted by Gasteiger charge is 2.13. The van der Waals surface area contributed by atoms with Crippen molar-refractivity contribution in [1.82, 2.24) is 9.78 Å². The van der Waals surface area contributed by atoms with Crippen molar-refractivity contribution in [1.29, 1.82) is 0 Å². The first kappa shape index (κ1) is 16.9. The Hall–Kier alpha value is -3.54. The van der Waals surface area contributed by atoms with Crippen LogP contribution >= 0.6 is 0 Å². The van der Waals surface area contributed by atoms with Gasteiger partial charge in [0.1, 0.15) is 17.2 Å². The summed E-state index contributed by atoms with van der Waals surface area (Å²) in [6.07, 6.45) is 3.51. The minimum Gasteiger partial charge on any atom is -0.497 e. The molecule has 0 aliphatic rings. The number of amides is 1. The topological polar surface area (TPSA) is 69.3 Å². The van der Waals surface area contributed by atoms with Crippen molar-refractivity contribution in [2.24, 2.45) is 0 Å². The molecule has 2 aromatic carbocycles. The number of methoxy groups -OCH3 is 1. The van der Waals surface area contributed by atoms with Crippen LogP contribution < -0.4 is 10.1 Å². The molecule has 0 aliphatic carbocycles. The molecule has 0 fully saturated rings. The summed E-state index contributed by atoms with van der Waals surface area (Å²) in [5.74, 6) is 1.26. The summed E-state index contributed by atoms with van der Waals surface area (Å²) in [6.45, 7) is 0.595. The molecule has 136 valence electrons. The van der Waals surface area contributed by atoms with E-state index in [2.05, 4.69) is 10.4 Å². The van der Waals surface area contributed by atoms with Gasteiger partial charge >= 0.3 is 0 Å². The van der Waals surface area contributed by atoms with Crippen molar-refractivity contribution in [2.75, 3.05) is 12.4 Å². The molecule has 1 amide bonds. The minimum atomic E-state index is -0.122. The third-order valence-electron chi connectivity index (χ3n) is 4.37. The van der Waals surface area contributed by atoms with Crippen LogP contribution in [0.5, 0.6) is 5.75 Å². The first-order valence-electron chi connectivity index (χ1n) is 8.62. The zero-order chi connectivity index (χ0) is 18.6. The summed E-state index contributed by atoms with van der Waals surface area (Å²) in [4.78, 5) is 12.5. The van der Waals surface area contributed by atoms with Crippen molar-refractivity contribution in [2.45, 2.75) is 13.0 Å². The molecule has 1 N–H and O–H groups in total. The average molecular weight is 361 g/mol. The molecule has 0 radical (unpaired) electrons. The Morgan fingerprint density at radius 2 is 2.04 bits per heavy atom. The van der Waals surface area contributed by atoms with Gasteiger partial charge in [0.2, 0.25) is 5.91 Å². The number of nitrogens with zero attached hydrogens (tertiary/aromatic N) is 2. The predicted molar refractivity (Wildman–Crippen MR) is 103 cm³/mol. The molecule has 0 bridgehead atoms. The zero-order valence-electron chi connectivity index (χ0n) is 14.9. The third-order valence-corrected chi connectivity index (χ3v) is 4.37. The number of hydrogen-bond donors (Lipinski definition) is 1. The van der Waals surface area contributed by atoms with E-state index in [1.807, 2.05) is 48.5 Å². The second-order valence-electron chi connectivity index (χ2n) is 6.21. The van der Waals surface area contributed by atoms with Crippen LogP contribution in [0.2, 0.25) is 0 Å². The van der Waals surface area contributed by atoms with Gasteiger partial charge in [-0.1, -0.05) is 30.3 Å². The molecule has 6 heteroatoms. The second kappa shape index (κ2) is 7.37. The molecule has 0 unspecified atom stereocenters. The van der Waals surface area contributed by atoms with Crippen molar-refractivity contribution in [3.8, 4) is 5.75 Å². The Balaban J connectivity index is 1.47. The lowest BCUT2D eigenvalue weighted by molar-refractivity contribution is -0.115. The van der Waals surface area contributed by atoms with Crippen LogP contribution in [0.4, 0.5) is 5.82 Å². The van der Waals surface area contributed by atoms with E-state index < -0.39 is 0 Å². The van der Waals surface area contributed by atoms with Gasteiger partial charge in [0.25, 0.3) is 0 Å². The SMILES string of the molecule is COc1ccc2c(CC(=O)Nc3ccnn3Cc3ccccc3)coc2c1. The first-order chi connectivity index (χ1) is 13.2. The lowest BCUT2D eigenvalue weighted by Crippen LogP contribution is -2.17. The number of nitrogens with one attached hydrogen (secondary N) is 1. The number of aromatic nitrogens is 2. The Morgan fingerprint density at radius 1 is 1.19 bits per heavy atom. The first-order valence-corrected chi connectivity index (χ1v) is 8.62. The van der Waals surface area contributed by atoms with Crippen molar-refractivity contribution in [3.05, 3.63) is 78.2 Å². The molecular formula is C21H19N3O3. The van der Waals surface area contributed by atoms with Gasteiger partial charge in [-0.3, -0.25) is 4.79 Å². The van der Waals surface area contributed by atoms with Gasteiger partial charge < -0.3 is 14.5 Å². The Bertz CT molecular complexity index is 1070. The van der Waals surface area contributed by atoms with Crippen LogP contribution in [0.15, 0.2) is 71.5 Å². The van der Waals surface area contributed by atoms with Crippen molar-refractivity contribution in [3.63, 3.8) is 0 Å². The van der Waals surface area contributed by atoms with Gasteiger partial charge in [-0.25, -0.2) is 4.68 Å². The summed E-state index contributed by atoms with van der Waals surface area (Å²) < 4.78 is 12.5. The fourth-order valence-electron chi connectivity index (χ4n) is 3.01. The maximum absolute atomic E-state index is 12.5. The maximum atomic E-state index is 12.5. The Kier molecular flexibility index (Phi) is 4.61. The van der Waals surface area contributed by atoms with Gasteiger partial charge in [-0.15, -0.1) is 0 Å². The van der Waals surface area contributed by atoms with Crippen LogP contribution in [-0.2, 0) is 17.8 Å². The van der Waals surface area contributed by atoms with E-state index in [0.29, 0.717) is 17.9 Å². The van der Waals surface area contributed by atoms with E-state index in [4.69, 9.17) is 9.15 Å². The molecule has 0 aliphatic heterocycles. The van der Waals surface area contributed by atoms with Crippen LogP contribution in [0, 0.1) is 0 Å². The quantitative estimate of drug-likeness (QED) is 0.566. The molecule has 4 aromatic rings. The number of benzene rings is 2. The standard InChI is InChI=1S/C21H19N3O3/c1-26-17-7-8-18-16(14-27-19(18)12-17)11-21(25)23-20-9-10-22-24(20)13-15-5-3-2-4-6-15/h2-10,12,14H,11,13H2,1H3,(H,23,25). The smallest absolute Gasteiger partial charge is 0.230 e. The molecule has 6 nitrogen and oxygen atoms in total. The molecule has 0 saturated heterocycles. The maximum Gasteiger partial charge on any atom is 0.230 e. The fourth-order valence-corrected chi connectivity index (χ4v) is 3.01. The number of ether oxygens (including phenoxy) is 1. The van der Waals surface area contributed by atoms with Crippen LogP contribution in [-0.4, -0.2) is 22.8 Å². The molecule has 2 heterocycles. The average Bonchev–Trinajstić information content (AvgIpc) is 3.29. The summed E-state index contributed by atoms with van der Waals surface area (Å²) in [5.41, 5.74) is 2.65. The van der Waals surface area contributed by atoms with Gasteiger partial charge in [0, 0.05) is 23.1 Å². The van der Waals surface area contributed by atoms with E-state index >= 15 is 0 Å². The molecule has 0 spiro atoms. The lowest BCUT2D eigenvalue weighted by atomic mass is 10.1. The largest absolute Gasteiger partial charge is 0.497 e. The van der Waals surface area contributed by atoms with Crippen LogP contribution in [0.25, 0.3) is 11.0 Å². The van der Waals surface area contributed by atoms with Crippen molar-refractivity contribution >= 4 is 22.7 Å². The predicted octanol–water partition coefficient (Wildman–Crippen LogP) is 3.87. The van der Waals surface area contributed by atoms with E-state index in [1.165, 1.54) is 0 Å². The van der Waals surface area contributed by atoms with Crippen LogP contribution in [0.1, 0.15) is 11.1 Å². The van der Waals surface area contributed by atoms with E-state index in [-0.39, 0.29) is 12.3 Å². The molecule has 2 aromatic heterocycles. The highest BCUT2D eigenvalue weighted by atomic mass is 16.5. The number of hydrogen-bond acceptors (Lipinski definition) is 4. The summed E-state index contributed by atoms with van der Waals surface area (Å²) in [6, 6.07) is 17.4. The Labute approximate surface area is 156 Å². The second-order valence-corrected chi connectivity index (χ2v) is 6.21. The normalized spacial score (nSPS) is 10.9.